The molecule has 15 rings (SSSR count). The van der Waals surface area contributed by atoms with Crippen LogP contribution in [-0.4, -0.2) is 24.1 Å². The Balaban J connectivity index is 1.03. The van der Waals surface area contributed by atoms with Gasteiger partial charge in [0.15, 0.2) is 17.5 Å². The monoisotopic (exact) mass is 1190 g/mol. The van der Waals surface area contributed by atoms with E-state index >= 15 is 0 Å². The summed E-state index contributed by atoms with van der Waals surface area (Å²) < 4.78 is 5.03. The quantitative estimate of drug-likeness (QED) is 0.137. The van der Waals surface area contributed by atoms with Crippen LogP contribution in [0.2, 0.25) is 0 Å². The number of hydrogen-bond acceptors (Lipinski definition) is 3. The van der Waals surface area contributed by atoms with Crippen LogP contribution in [0, 0.1) is 83.1 Å². The third-order valence-corrected chi connectivity index (χ3v) is 19.0. The molecule has 0 amide bonds. The second-order valence-electron chi connectivity index (χ2n) is 26.0. The molecule has 0 spiro atoms. The van der Waals surface area contributed by atoms with Crippen molar-refractivity contribution in [2.75, 3.05) is 0 Å². The standard InChI is InChI=1S/C87H73N5/c1-50-37-54(5)81(55(6)38-50)64-28-33-76-71(45-64)72-46-65(82-56(7)39-51(2)40-57(82)8)29-34-77(72)91(76)75-26-20-19-25-69(75)70-32-27-68(87-89-85(62-21-15-13-16-22-62)88-86(90-87)63-23-17-14-18-24-63)49-80(70)92-78-35-30-66(83-58(9)41-52(3)42-59(83)10)47-73(78)74-48-67(31-36-79(74)92)84-60(11)43-53(4)44-61(84)12/h13-49H,1-12H3. The van der Waals surface area contributed by atoms with Crippen LogP contribution in [0.5, 0.6) is 0 Å². The summed E-state index contributed by atoms with van der Waals surface area (Å²) in [6.07, 6.45) is 0. The van der Waals surface area contributed by atoms with Gasteiger partial charge in [0.2, 0.25) is 0 Å². The first-order chi connectivity index (χ1) is 44.5. The average molecular weight is 1190 g/mol. The highest BCUT2D eigenvalue weighted by Crippen LogP contribution is 2.46. The third-order valence-electron chi connectivity index (χ3n) is 19.0. The minimum absolute atomic E-state index is 0.590. The normalized spacial score (nSPS) is 11.7. The van der Waals surface area contributed by atoms with Gasteiger partial charge < -0.3 is 9.13 Å². The van der Waals surface area contributed by atoms with Gasteiger partial charge in [-0.25, -0.2) is 15.0 Å². The van der Waals surface area contributed by atoms with Gasteiger partial charge in [0.05, 0.1) is 33.4 Å². The predicted molar refractivity (Wildman–Crippen MR) is 389 cm³/mol. The smallest absolute Gasteiger partial charge is 0.164 e. The van der Waals surface area contributed by atoms with Crippen molar-refractivity contribution in [3.8, 4) is 101 Å². The minimum Gasteiger partial charge on any atom is -0.309 e. The van der Waals surface area contributed by atoms with Gasteiger partial charge in [0.1, 0.15) is 0 Å². The van der Waals surface area contributed by atoms with Gasteiger partial charge >= 0.3 is 0 Å². The lowest BCUT2D eigenvalue weighted by Crippen LogP contribution is -2.04. The Kier molecular flexibility index (Phi) is 14.2. The van der Waals surface area contributed by atoms with Crippen molar-refractivity contribution in [3.05, 3.63) is 291 Å². The van der Waals surface area contributed by atoms with Crippen LogP contribution < -0.4 is 0 Å². The lowest BCUT2D eigenvalue weighted by Gasteiger charge is -2.20. The first-order valence-corrected chi connectivity index (χ1v) is 32.1. The van der Waals surface area contributed by atoms with Crippen LogP contribution in [0.3, 0.4) is 0 Å². The molecular weight excluding hydrogens is 1110 g/mol. The number of nitrogens with zero attached hydrogens (tertiary/aromatic N) is 5. The van der Waals surface area contributed by atoms with Crippen LogP contribution in [0.1, 0.15) is 66.8 Å². The number of para-hydroxylation sites is 1. The van der Waals surface area contributed by atoms with Crippen LogP contribution in [0.25, 0.3) is 145 Å². The Labute approximate surface area is 540 Å². The van der Waals surface area contributed by atoms with E-state index in [1.807, 2.05) is 36.4 Å². The molecule has 0 aliphatic rings. The van der Waals surface area contributed by atoms with Crippen LogP contribution in [-0.2, 0) is 0 Å². The molecule has 0 atom stereocenters. The Morgan fingerprint density at radius 2 is 0.489 bits per heavy atom. The molecule has 446 valence electrons. The number of fused-ring (bicyclic) bond motifs is 6. The van der Waals surface area contributed by atoms with Crippen LogP contribution >= 0.6 is 0 Å². The van der Waals surface area contributed by atoms with Gasteiger partial charge in [-0.05, 0) is 233 Å². The van der Waals surface area contributed by atoms with Crippen molar-refractivity contribution in [1.29, 1.82) is 0 Å². The maximum atomic E-state index is 5.36. The zero-order chi connectivity index (χ0) is 63.4. The van der Waals surface area contributed by atoms with Gasteiger partial charge in [0, 0.05) is 49.4 Å². The number of hydrogen-bond donors (Lipinski definition) is 0. The van der Waals surface area contributed by atoms with Gasteiger partial charge in [-0.15, -0.1) is 0 Å². The average Bonchev–Trinajstić information content (AvgIpc) is 1.56. The summed E-state index contributed by atoms with van der Waals surface area (Å²) in [5.41, 5.74) is 36.6. The van der Waals surface area contributed by atoms with E-state index < -0.39 is 0 Å². The molecule has 5 heteroatoms. The summed E-state index contributed by atoms with van der Waals surface area (Å²) in [5.74, 6) is 1.82. The summed E-state index contributed by atoms with van der Waals surface area (Å²) in [6.45, 7) is 26.8. The van der Waals surface area contributed by atoms with Gasteiger partial charge in [0.25, 0.3) is 0 Å². The zero-order valence-corrected chi connectivity index (χ0v) is 54.6. The molecule has 5 nitrogen and oxygen atoms in total. The van der Waals surface area contributed by atoms with Crippen LogP contribution in [0.4, 0.5) is 0 Å². The fourth-order valence-corrected chi connectivity index (χ4v) is 15.6. The second-order valence-corrected chi connectivity index (χ2v) is 26.0. The molecule has 0 radical (unpaired) electrons. The van der Waals surface area contributed by atoms with E-state index in [1.165, 1.54) is 133 Å². The number of rotatable bonds is 10. The predicted octanol–water partition coefficient (Wildman–Crippen LogP) is 23.1. The highest BCUT2D eigenvalue weighted by atomic mass is 15.0. The summed E-state index contributed by atoms with van der Waals surface area (Å²) in [7, 11) is 0. The van der Waals surface area contributed by atoms with Crippen molar-refractivity contribution in [2.45, 2.75) is 83.1 Å². The molecule has 92 heavy (non-hydrogen) atoms. The third kappa shape index (κ3) is 9.91. The largest absolute Gasteiger partial charge is 0.309 e. The Bertz CT molecular complexity index is 5140. The SMILES string of the molecule is Cc1cc(C)c(-c2ccc3c(c2)c2cc(-c4c(C)cc(C)cc4C)ccc2n3-c2ccccc2-c2ccc(-c3nc(-c4ccccc4)nc(-c4ccccc4)n3)cc2-n2c3ccc(-c4c(C)cc(C)cc4C)cc3c3cc(-c4c(C)cc(C)cc4C)ccc32)c(C)c1. The molecule has 0 aliphatic carbocycles. The molecule has 0 unspecified atom stereocenters. The molecule has 15 aromatic rings. The fourth-order valence-electron chi connectivity index (χ4n) is 15.6. The maximum Gasteiger partial charge on any atom is 0.164 e. The van der Waals surface area contributed by atoms with Gasteiger partial charge in [-0.2, -0.15) is 0 Å². The van der Waals surface area contributed by atoms with E-state index in [2.05, 4.69) is 280 Å². The van der Waals surface area contributed by atoms with Crippen LogP contribution in [0.15, 0.2) is 224 Å². The van der Waals surface area contributed by atoms with Crippen molar-refractivity contribution in [3.63, 3.8) is 0 Å². The fraction of sp³-hybridized carbons (Fsp3) is 0.138. The lowest BCUT2D eigenvalue weighted by atomic mass is 9.91. The van der Waals surface area contributed by atoms with E-state index in [0.29, 0.717) is 17.5 Å². The zero-order valence-electron chi connectivity index (χ0n) is 54.6. The summed E-state index contributed by atoms with van der Waals surface area (Å²) in [5, 5.41) is 4.76. The first kappa shape index (κ1) is 57.7. The molecule has 12 aromatic carbocycles. The van der Waals surface area contributed by atoms with Gasteiger partial charge in [-0.1, -0.05) is 186 Å². The molecule has 3 heterocycles. The molecule has 0 saturated heterocycles. The van der Waals surface area contributed by atoms with E-state index in [9.17, 15) is 0 Å². The molecule has 3 aromatic heterocycles. The van der Waals surface area contributed by atoms with E-state index in [1.54, 1.807) is 0 Å². The molecular formula is C87H73N5. The second kappa shape index (κ2) is 22.6. The first-order valence-electron chi connectivity index (χ1n) is 32.1. The molecule has 0 bridgehead atoms. The highest BCUT2D eigenvalue weighted by Gasteiger charge is 2.25. The molecule has 0 fully saturated rings. The Hall–Kier alpha value is -10.8. The number of aryl methyl sites for hydroxylation is 12. The topological polar surface area (TPSA) is 48.5 Å². The Morgan fingerprint density at radius 3 is 0.826 bits per heavy atom. The van der Waals surface area contributed by atoms with Gasteiger partial charge in [-0.3, -0.25) is 0 Å². The maximum absolute atomic E-state index is 5.36. The lowest BCUT2D eigenvalue weighted by molar-refractivity contribution is 1.07. The van der Waals surface area contributed by atoms with E-state index in [4.69, 9.17) is 15.0 Å². The summed E-state index contributed by atoms with van der Waals surface area (Å²) in [4.78, 5) is 15.9. The van der Waals surface area contributed by atoms with Crippen molar-refractivity contribution >= 4 is 43.6 Å². The number of aromatic nitrogens is 5. The molecule has 0 saturated carbocycles. The van der Waals surface area contributed by atoms with E-state index in [-0.39, 0.29) is 0 Å². The van der Waals surface area contributed by atoms with E-state index in [0.717, 1.165) is 61.3 Å². The van der Waals surface area contributed by atoms with Crippen molar-refractivity contribution in [2.24, 2.45) is 0 Å². The minimum atomic E-state index is 0.590. The van der Waals surface area contributed by atoms with Crippen molar-refractivity contribution < 1.29 is 0 Å². The molecule has 0 aliphatic heterocycles. The summed E-state index contributed by atoms with van der Waals surface area (Å²) >= 11 is 0. The molecule has 0 N–H and O–H groups in total. The summed E-state index contributed by atoms with van der Waals surface area (Å²) in [6, 6.07) is 83.4. The highest BCUT2D eigenvalue weighted by molar-refractivity contribution is 6.14. The van der Waals surface area contributed by atoms with Crippen molar-refractivity contribution in [1.82, 2.24) is 24.1 Å². The number of benzene rings is 12. The Morgan fingerprint density at radius 1 is 0.217 bits per heavy atom.